The van der Waals surface area contributed by atoms with E-state index in [1.54, 1.807) is 6.20 Å². The van der Waals surface area contributed by atoms with Crippen LogP contribution in [0.3, 0.4) is 0 Å². The molecule has 4 aromatic carbocycles. The molecule has 0 aliphatic carbocycles. The molecule has 0 aliphatic heterocycles. The molecule has 0 bridgehead atoms. The Hall–Kier alpha value is -5.02. The molecule has 4 heteroatoms. The summed E-state index contributed by atoms with van der Waals surface area (Å²) in [4.78, 5) is 14.2. The minimum absolute atomic E-state index is 0. The molecule has 264 valence electrons. The van der Waals surface area contributed by atoms with Gasteiger partial charge in [0.25, 0.3) is 0 Å². The van der Waals surface area contributed by atoms with E-state index in [9.17, 15) is 2.74 Å². The monoisotopic (exact) mass is 869 g/mol. The summed E-state index contributed by atoms with van der Waals surface area (Å²) in [5.74, 6) is 0. The summed E-state index contributed by atoms with van der Waals surface area (Å²) in [7, 11) is 0. The third-order valence-corrected chi connectivity index (χ3v) is 9.71. The number of nitrogens with zero attached hydrogens (tertiary/aromatic N) is 3. The topological polar surface area (TPSA) is 38.7 Å². The Labute approximate surface area is 331 Å². The molecule has 0 N–H and O–H groups in total. The van der Waals surface area contributed by atoms with E-state index in [0.717, 1.165) is 63.3 Å². The Morgan fingerprint density at radius 2 is 0.906 bits per heavy atom. The SMILES string of the molecule is [2H]C([2H])(Cc1cc(CC(C)(C)c2ccc(-c3[c-]cccc3)nc2)cc(CC(C)(C)c2ccc(-c3[c-]cccc3)nc2)c1)c1ccc(-c2[c-]cccc2)nc1.[Ir+3]. The first-order valence-corrected chi connectivity index (χ1v) is 17.9. The van der Waals surface area contributed by atoms with E-state index < -0.39 is 6.37 Å². The summed E-state index contributed by atoms with van der Waals surface area (Å²) >= 11 is 0. The van der Waals surface area contributed by atoms with Crippen LogP contribution in [0.5, 0.6) is 0 Å². The zero-order valence-corrected chi connectivity index (χ0v) is 33.0. The summed E-state index contributed by atoms with van der Waals surface area (Å²) in [6, 6.07) is 52.2. The Morgan fingerprint density at radius 1 is 0.491 bits per heavy atom. The number of hydrogen-bond donors (Lipinski definition) is 0. The zero-order valence-electron chi connectivity index (χ0n) is 32.7. The van der Waals surface area contributed by atoms with Crippen molar-refractivity contribution < 1.29 is 22.8 Å². The van der Waals surface area contributed by atoms with Gasteiger partial charge in [-0.3, -0.25) is 0 Å². The molecule has 0 atom stereocenters. The van der Waals surface area contributed by atoms with Crippen molar-refractivity contribution >= 4 is 0 Å². The van der Waals surface area contributed by atoms with Gasteiger partial charge < -0.3 is 15.0 Å². The van der Waals surface area contributed by atoms with Crippen LogP contribution >= 0.6 is 0 Å². The predicted molar refractivity (Wildman–Crippen MR) is 213 cm³/mol. The average molecular weight is 869 g/mol. The molecule has 3 heterocycles. The second-order valence-electron chi connectivity index (χ2n) is 14.8. The van der Waals surface area contributed by atoms with E-state index in [2.05, 4.69) is 93.3 Å². The first kappa shape index (κ1) is 35.0. The van der Waals surface area contributed by atoms with Crippen molar-refractivity contribution in [2.45, 2.75) is 64.2 Å². The number of aromatic nitrogens is 3. The molecule has 0 saturated carbocycles. The second kappa shape index (κ2) is 16.8. The van der Waals surface area contributed by atoms with Gasteiger partial charge in [0, 0.05) is 21.3 Å². The molecule has 0 unspecified atom stereocenters. The van der Waals surface area contributed by atoms with Crippen LogP contribution in [0.1, 0.15) is 63.8 Å². The van der Waals surface area contributed by atoms with Crippen molar-refractivity contribution in [2.75, 3.05) is 0 Å². The molecule has 0 saturated heterocycles. The van der Waals surface area contributed by atoms with Crippen LogP contribution in [0.15, 0.2) is 146 Å². The third kappa shape index (κ3) is 9.51. The number of pyridine rings is 3. The predicted octanol–water partition coefficient (Wildman–Crippen LogP) is 11.1. The quantitative estimate of drug-likeness (QED) is 0.115. The fourth-order valence-electron chi connectivity index (χ4n) is 6.80. The molecule has 53 heavy (non-hydrogen) atoms. The van der Waals surface area contributed by atoms with Crippen molar-refractivity contribution in [1.82, 2.24) is 15.0 Å². The van der Waals surface area contributed by atoms with Gasteiger partial charge in [-0.15, -0.1) is 108 Å². The summed E-state index contributed by atoms with van der Waals surface area (Å²) in [5, 5.41) is 0. The van der Waals surface area contributed by atoms with E-state index >= 15 is 0 Å². The molecule has 3 nitrogen and oxygen atoms in total. The Bertz CT molecular complexity index is 2010. The molecule has 0 amide bonds. The van der Waals surface area contributed by atoms with Crippen molar-refractivity contribution in [1.29, 1.82) is 0 Å². The van der Waals surface area contributed by atoms with E-state index in [-0.39, 0.29) is 37.4 Å². The van der Waals surface area contributed by atoms with Gasteiger partial charge in [0.15, 0.2) is 0 Å². The van der Waals surface area contributed by atoms with Gasteiger partial charge in [0.05, 0.1) is 0 Å². The summed E-state index contributed by atoms with van der Waals surface area (Å²) in [6.07, 6.45) is 5.76. The van der Waals surface area contributed by atoms with Crippen LogP contribution in [-0.4, -0.2) is 15.0 Å². The Kier molecular flexibility index (Phi) is 11.1. The summed E-state index contributed by atoms with van der Waals surface area (Å²) in [5.41, 5.74) is 11.1. The van der Waals surface area contributed by atoms with Crippen LogP contribution in [-0.2, 0) is 56.6 Å². The van der Waals surface area contributed by atoms with Crippen LogP contribution in [0, 0.1) is 18.2 Å². The molecule has 0 spiro atoms. The summed E-state index contributed by atoms with van der Waals surface area (Å²) in [6.45, 7) is 9.01. The maximum absolute atomic E-state index is 9.23. The summed E-state index contributed by atoms with van der Waals surface area (Å²) < 4.78 is 18.5. The van der Waals surface area contributed by atoms with Gasteiger partial charge in [-0.2, -0.15) is 0 Å². The average Bonchev–Trinajstić information content (AvgIpc) is 3.18. The number of benzene rings is 4. The van der Waals surface area contributed by atoms with Crippen molar-refractivity contribution in [2.24, 2.45) is 0 Å². The third-order valence-electron chi connectivity index (χ3n) is 9.71. The molecular weight excluding hydrogens is 823 g/mol. The Morgan fingerprint density at radius 3 is 1.26 bits per heavy atom. The molecule has 0 radical (unpaired) electrons. The molecule has 0 fully saturated rings. The molecule has 7 rings (SSSR count). The largest absolute Gasteiger partial charge is 3.00 e. The van der Waals surface area contributed by atoms with E-state index in [1.165, 1.54) is 11.1 Å². The number of aryl methyl sites for hydroxylation is 2. The van der Waals surface area contributed by atoms with Crippen molar-refractivity contribution in [3.63, 3.8) is 0 Å². The fourth-order valence-corrected chi connectivity index (χ4v) is 6.80. The standard InChI is InChI=1S/C49H44N3.Ir/c1-48(2,43-23-26-46(51-34-43)41-16-10-6-11-17-41)31-38-28-37(21-20-36-22-25-45(50-33-36)40-14-8-5-9-15-40)29-39(30-38)32-49(3,4)44-24-27-47(52-35-44)42-18-12-7-13-19-42;/h5-14,16,18,22-30,33-35H,20-21,31-32H2,1-4H3;/q-3;+3/i20D2;. The minimum atomic E-state index is -1.63. The van der Waals surface area contributed by atoms with Gasteiger partial charge in [-0.05, 0) is 86.9 Å². The smallest absolute Gasteiger partial charge is 0.304 e. The minimum Gasteiger partial charge on any atom is -0.304 e. The molecule has 0 aliphatic rings. The van der Waals surface area contributed by atoms with Crippen molar-refractivity contribution in [3.8, 4) is 33.8 Å². The second-order valence-corrected chi connectivity index (χ2v) is 14.8. The van der Waals surface area contributed by atoms with Gasteiger partial charge in [0.1, 0.15) is 0 Å². The maximum Gasteiger partial charge on any atom is 3.00 e. The van der Waals surface area contributed by atoms with Gasteiger partial charge in [-0.1, -0.05) is 82.3 Å². The first-order chi connectivity index (χ1) is 25.9. The molecular formula is C49H44IrN3. The van der Waals surface area contributed by atoms with E-state index in [0.29, 0.717) is 5.56 Å². The Balaban J connectivity index is 0.00000514. The fraction of sp³-hybridized carbons (Fsp3) is 0.204. The van der Waals surface area contributed by atoms with Crippen molar-refractivity contribution in [3.05, 3.63) is 198 Å². The van der Waals surface area contributed by atoms with E-state index in [4.69, 9.17) is 9.97 Å². The molecule has 3 aromatic heterocycles. The first-order valence-electron chi connectivity index (χ1n) is 18.9. The molecule has 7 aromatic rings. The van der Waals surface area contributed by atoms with Gasteiger partial charge >= 0.3 is 20.1 Å². The van der Waals surface area contributed by atoms with E-state index in [1.807, 2.05) is 97.3 Å². The van der Waals surface area contributed by atoms with Crippen LogP contribution < -0.4 is 0 Å². The van der Waals surface area contributed by atoms with Crippen LogP contribution in [0.25, 0.3) is 33.8 Å². The maximum atomic E-state index is 9.23. The normalized spacial score (nSPS) is 12.4. The van der Waals surface area contributed by atoms with Crippen LogP contribution in [0.4, 0.5) is 0 Å². The number of rotatable bonds is 12. The zero-order chi connectivity index (χ0) is 37.8. The van der Waals surface area contributed by atoms with Gasteiger partial charge in [0.2, 0.25) is 0 Å². The number of hydrogen-bond acceptors (Lipinski definition) is 3. The van der Waals surface area contributed by atoms with Crippen LogP contribution in [0.2, 0.25) is 0 Å². The van der Waals surface area contributed by atoms with Gasteiger partial charge in [-0.25, -0.2) is 0 Å².